The largest absolute Gasteiger partial charge is 0.364 e. The van der Waals surface area contributed by atoms with Gasteiger partial charge in [-0.15, -0.1) is 0 Å². The number of rotatable bonds is 4. The Morgan fingerprint density at radius 2 is 2.00 bits per heavy atom. The van der Waals surface area contributed by atoms with Crippen LogP contribution in [0.5, 0.6) is 0 Å². The van der Waals surface area contributed by atoms with Crippen molar-refractivity contribution in [3.05, 3.63) is 41.1 Å². The predicted molar refractivity (Wildman–Crippen MR) is 73.8 cm³/mol. The van der Waals surface area contributed by atoms with Crippen molar-refractivity contribution in [3.8, 4) is 0 Å². The highest BCUT2D eigenvalue weighted by atomic mass is 32.2. The van der Waals surface area contributed by atoms with E-state index in [-0.39, 0.29) is 16.4 Å². The van der Waals surface area contributed by atoms with Crippen LogP contribution in [0.3, 0.4) is 0 Å². The number of sulfonamides is 1. The standard InChI is InChI=1S/C12H14N4O3S/c1-7-3-4-8(2)10(5-7)20(18,19)16-11-6-9(12(13)17)14-15-11/h3-6H,1-2H3,(H2,13,17)(H2,14,15,16). The van der Waals surface area contributed by atoms with Crippen LogP contribution >= 0.6 is 0 Å². The number of aromatic amines is 1. The van der Waals surface area contributed by atoms with Gasteiger partial charge in [0, 0.05) is 6.07 Å². The zero-order valence-electron chi connectivity index (χ0n) is 11.0. The van der Waals surface area contributed by atoms with Crippen LogP contribution in [-0.2, 0) is 10.0 Å². The molecule has 7 nitrogen and oxygen atoms in total. The summed E-state index contributed by atoms with van der Waals surface area (Å²) in [6.45, 7) is 3.51. The number of H-pyrrole nitrogens is 1. The van der Waals surface area contributed by atoms with Crippen molar-refractivity contribution < 1.29 is 13.2 Å². The molecule has 106 valence electrons. The van der Waals surface area contributed by atoms with Crippen LogP contribution in [0.4, 0.5) is 5.82 Å². The highest BCUT2D eigenvalue weighted by Crippen LogP contribution is 2.19. The van der Waals surface area contributed by atoms with Gasteiger partial charge in [0.2, 0.25) is 0 Å². The van der Waals surface area contributed by atoms with E-state index in [0.717, 1.165) is 5.56 Å². The van der Waals surface area contributed by atoms with Crippen molar-refractivity contribution in [1.29, 1.82) is 0 Å². The molecule has 0 spiro atoms. The van der Waals surface area contributed by atoms with Crippen molar-refractivity contribution in [1.82, 2.24) is 10.2 Å². The lowest BCUT2D eigenvalue weighted by Gasteiger charge is -2.09. The molecule has 0 radical (unpaired) electrons. The fraction of sp³-hybridized carbons (Fsp3) is 0.167. The number of carbonyl (C=O) groups is 1. The number of nitrogens with one attached hydrogen (secondary N) is 2. The van der Waals surface area contributed by atoms with Crippen LogP contribution in [0.1, 0.15) is 21.6 Å². The van der Waals surface area contributed by atoms with Gasteiger partial charge in [0.25, 0.3) is 15.9 Å². The van der Waals surface area contributed by atoms with Gasteiger partial charge in [0.1, 0.15) is 5.69 Å². The van der Waals surface area contributed by atoms with Gasteiger partial charge < -0.3 is 5.73 Å². The normalized spacial score (nSPS) is 11.3. The third-order valence-corrected chi connectivity index (χ3v) is 4.21. The number of benzene rings is 1. The Kier molecular flexibility index (Phi) is 3.49. The highest BCUT2D eigenvalue weighted by molar-refractivity contribution is 7.92. The molecule has 0 bridgehead atoms. The van der Waals surface area contributed by atoms with E-state index >= 15 is 0 Å². The van der Waals surface area contributed by atoms with Crippen molar-refractivity contribution >= 4 is 21.7 Å². The fourth-order valence-electron chi connectivity index (χ4n) is 1.69. The number of nitrogens with zero attached hydrogens (tertiary/aromatic N) is 1. The van der Waals surface area contributed by atoms with Crippen LogP contribution < -0.4 is 10.5 Å². The molecule has 1 amide bonds. The molecule has 0 saturated carbocycles. The lowest BCUT2D eigenvalue weighted by molar-refractivity contribution is 0.0995. The van der Waals surface area contributed by atoms with Crippen molar-refractivity contribution in [3.63, 3.8) is 0 Å². The molecule has 0 aliphatic rings. The zero-order chi connectivity index (χ0) is 14.9. The van der Waals surface area contributed by atoms with Gasteiger partial charge in [0.15, 0.2) is 5.82 Å². The number of nitrogens with two attached hydrogens (primary N) is 1. The Morgan fingerprint density at radius 3 is 2.60 bits per heavy atom. The zero-order valence-corrected chi connectivity index (χ0v) is 11.8. The molecule has 1 aromatic carbocycles. The molecule has 0 saturated heterocycles. The summed E-state index contributed by atoms with van der Waals surface area (Å²) in [5.41, 5.74) is 6.54. The van der Waals surface area contributed by atoms with Crippen molar-refractivity contribution in [2.24, 2.45) is 5.73 Å². The molecule has 1 aromatic heterocycles. The molecule has 0 aliphatic carbocycles. The average Bonchev–Trinajstić information content (AvgIpc) is 2.80. The molecule has 20 heavy (non-hydrogen) atoms. The Balaban J connectivity index is 2.35. The van der Waals surface area contributed by atoms with Gasteiger partial charge in [-0.2, -0.15) is 5.10 Å². The maximum atomic E-state index is 12.3. The van der Waals surface area contributed by atoms with Crippen LogP contribution in [0.15, 0.2) is 29.2 Å². The lowest BCUT2D eigenvalue weighted by Crippen LogP contribution is -2.14. The summed E-state index contributed by atoms with van der Waals surface area (Å²) in [7, 11) is -3.76. The molecule has 0 unspecified atom stereocenters. The number of anilines is 1. The topological polar surface area (TPSA) is 118 Å². The first-order chi connectivity index (χ1) is 9.29. The summed E-state index contributed by atoms with van der Waals surface area (Å²) < 4.78 is 26.8. The minimum absolute atomic E-state index is 0.0136. The molecule has 0 aliphatic heterocycles. The molecule has 1 heterocycles. The van der Waals surface area contributed by atoms with E-state index < -0.39 is 15.9 Å². The van der Waals surface area contributed by atoms with E-state index in [0.29, 0.717) is 5.56 Å². The molecule has 0 atom stereocenters. The first kappa shape index (κ1) is 14.1. The molecular formula is C12H14N4O3S. The van der Waals surface area contributed by atoms with Gasteiger partial charge in [0.05, 0.1) is 4.90 Å². The Hall–Kier alpha value is -2.35. The molecule has 2 aromatic rings. The summed E-state index contributed by atoms with van der Waals surface area (Å²) in [4.78, 5) is 11.1. The highest BCUT2D eigenvalue weighted by Gasteiger charge is 2.19. The van der Waals surface area contributed by atoms with Gasteiger partial charge in [-0.05, 0) is 31.0 Å². The Morgan fingerprint density at radius 1 is 1.30 bits per heavy atom. The van der Waals surface area contributed by atoms with Crippen LogP contribution in [-0.4, -0.2) is 24.5 Å². The summed E-state index contributed by atoms with van der Waals surface area (Å²) in [6, 6.07) is 6.36. The maximum Gasteiger partial charge on any atom is 0.266 e. The molecule has 0 fully saturated rings. The van der Waals surface area contributed by atoms with E-state index in [1.165, 1.54) is 6.07 Å². The van der Waals surface area contributed by atoms with Crippen LogP contribution in [0.25, 0.3) is 0 Å². The Labute approximate surface area is 116 Å². The first-order valence-corrected chi connectivity index (χ1v) is 7.23. The molecule has 4 N–H and O–H groups in total. The second-order valence-electron chi connectivity index (χ2n) is 4.41. The second-order valence-corrected chi connectivity index (χ2v) is 6.06. The van der Waals surface area contributed by atoms with E-state index in [4.69, 9.17) is 5.73 Å². The molecule has 2 rings (SSSR count). The number of amides is 1. The Bertz CT molecular complexity index is 765. The lowest BCUT2D eigenvalue weighted by atomic mass is 10.2. The monoisotopic (exact) mass is 294 g/mol. The number of aromatic nitrogens is 2. The summed E-state index contributed by atoms with van der Waals surface area (Å²) in [5.74, 6) is -0.700. The number of aryl methyl sites for hydroxylation is 2. The van der Waals surface area contributed by atoms with Crippen molar-refractivity contribution in [2.75, 3.05) is 4.72 Å². The minimum Gasteiger partial charge on any atom is -0.364 e. The maximum absolute atomic E-state index is 12.3. The summed E-state index contributed by atoms with van der Waals surface area (Å²) in [6.07, 6.45) is 0. The third kappa shape index (κ3) is 2.80. The molecular weight excluding hydrogens is 280 g/mol. The predicted octanol–water partition coefficient (Wildman–Crippen LogP) is 0.926. The van der Waals surface area contributed by atoms with E-state index in [1.54, 1.807) is 26.0 Å². The van der Waals surface area contributed by atoms with E-state index in [9.17, 15) is 13.2 Å². The summed E-state index contributed by atoms with van der Waals surface area (Å²) in [5, 5.41) is 6.04. The number of hydrogen-bond acceptors (Lipinski definition) is 4. The number of hydrogen-bond donors (Lipinski definition) is 3. The SMILES string of the molecule is Cc1ccc(C)c(S(=O)(=O)Nc2cc(C(N)=O)[nH]n2)c1. The third-order valence-electron chi connectivity index (χ3n) is 2.72. The van der Waals surface area contributed by atoms with Gasteiger partial charge in [-0.25, -0.2) is 8.42 Å². The van der Waals surface area contributed by atoms with Gasteiger partial charge in [-0.1, -0.05) is 12.1 Å². The smallest absolute Gasteiger partial charge is 0.266 e. The van der Waals surface area contributed by atoms with Crippen LogP contribution in [0.2, 0.25) is 0 Å². The van der Waals surface area contributed by atoms with Gasteiger partial charge >= 0.3 is 0 Å². The average molecular weight is 294 g/mol. The first-order valence-electron chi connectivity index (χ1n) is 5.75. The van der Waals surface area contributed by atoms with Crippen LogP contribution in [0, 0.1) is 13.8 Å². The quantitative estimate of drug-likeness (QED) is 0.777. The number of carbonyl (C=O) groups excluding carboxylic acids is 1. The molecule has 8 heteroatoms. The number of primary amides is 1. The van der Waals surface area contributed by atoms with Gasteiger partial charge in [-0.3, -0.25) is 14.6 Å². The van der Waals surface area contributed by atoms with E-state index in [2.05, 4.69) is 14.9 Å². The van der Waals surface area contributed by atoms with E-state index in [1.807, 2.05) is 6.07 Å². The van der Waals surface area contributed by atoms with Crippen molar-refractivity contribution in [2.45, 2.75) is 18.7 Å². The minimum atomic E-state index is -3.76. The second kappa shape index (κ2) is 4.97. The fourth-order valence-corrected chi connectivity index (χ4v) is 3.01. The summed E-state index contributed by atoms with van der Waals surface area (Å²) >= 11 is 0.